The Bertz CT molecular complexity index is 825. The van der Waals surface area contributed by atoms with E-state index in [-0.39, 0.29) is 11.4 Å². The van der Waals surface area contributed by atoms with Gasteiger partial charge < -0.3 is 4.90 Å². The number of benzene rings is 1. The molecule has 0 spiro atoms. The van der Waals surface area contributed by atoms with Crippen LogP contribution in [-0.2, 0) is 4.79 Å². The number of fused-ring (bicyclic) bond motifs is 1. The summed E-state index contributed by atoms with van der Waals surface area (Å²) in [5.74, 6) is 0.530. The van der Waals surface area contributed by atoms with Gasteiger partial charge in [0.2, 0.25) is 0 Å². The van der Waals surface area contributed by atoms with E-state index < -0.39 is 0 Å². The summed E-state index contributed by atoms with van der Waals surface area (Å²) in [4.78, 5) is 21.6. The Morgan fingerprint density at radius 1 is 1.37 bits per heavy atom. The molecule has 1 aromatic carbocycles. The van der Waals surface area contributed by atoms with Crippen molar-refractivity contribution in [2.75, 3.05) is 25.5 Å². The predicted octanol–water partition coefficient (Wildman–Crippen LogP) is 5.03. The second-order valence-electron chi connectivity index (χ2n) is 8.32. The maximum atomic E-state index is 12.5. The summed E-state index contributed by atoms with van der Waals surface area (Å²) in [5.41, 5.74) is 5.27. The first-order chi connectivity index (χ1) is 12.7. The number of carbonyl (C=O) groups excluding carboxylic acids is 1. The smallest absolute Gasteiger partial charge is 0.266 e. The second-order valence-corrected chi connectivity index (χ2v) is 9.33. The molecule has 146 valence electrons. The lowest BCUT2D eigenvalue weighted by atomic mass is 9.79. The topological polar surface area (TPSA) is 35.9 Å². The molecular weight excluding hydrogens is 354 g/mol. The summed E-state index contributed by atoms with van der Waals surface area (Å²) < 4.78 is 0. The van der Waals surface area contributed by atoms with Crippen LogP contribution in [-0.4, -0.2) is 42.2 Å². The van der Waals surface area contributed by atoms with Crippen LogP contribution in [0.4, 0.5) is 5.69 Å². The van der Waals surface area contributed by atoms with Gasteiger partial charge in [-0.25, -0.2) is 0 Å². The van der Waals surface area contributed by atoms with Crippen LogP contribution in [0.1, 0.15) is 63.1 Å². The first-order valence-corrected chi connectivity index (χ1v) is 10.6. The molecule has 1 atom stereocenters. The lowest BCUT2D eigenvalue weighted by molar-refractivity contribution is -0.121. The lowest BCUT2D eigenvalue weighted by Crippen LogP contribution is -2.48. The van der Waals surface area contributed by atoms with E-state index in [1.54, 1.807) is 19.0 Å². The Kier molecular flexibility index (Phi) is 5.44. The number of carbonyl (C=O) groups is 1. The van der Waals surface area contributed by atoms with Crippen LogP contribution >= 0.6 is 11.8 Å². The molecule has 3 rings (SSSR count). The van der Waals surface area contributed by atoms with Crippen molar-refractivity contribution in [1.82, 2.24) is 4.90 Å². The van der Waals surface area contributed by atoms with Gasteiger partial charge in [-0.3, -0.25) is 14.7 Å². The summed E-state index contributed by atoms with van der Waals surface area (Å²) in [7, 11) is 3.51. The number of likely N-dealkylation sites (N-methyl/N-ethyl adjacent to an activating group) is 1. The highest BCUT2D eigenvalue weighted by molar-refractivity contribution is 8.18. The molecule has 2 aliphatic heterocycles. The maximum absolute atomic E-state index is 12.5. The molecule has 1 unspecified atom stereocenters. The molecule has 1 aromatic rings. The third-order valence-electron chi connectivity index (χ3n) is 5.70. The molecule has 0 N–H and O–H groups in total. The SMILES string of the molecule is CCCN1c2cc(C)c(/C=C3/SC(=NC)N(C)C3=O)cc2C(C)CC1(C)C. The normalized spacial score (nSPS) is 24.9. The minimum atomic E-state index is 0.0273. The van der Waals surface area contributed by atoms with E-state index in [1.807, 2.05) is 6.08 Å². The van der Waals surface area contributed by atoms with Gasteiger partial charge in [0.1, 0.15) is 0 Å². The first-order valence-electron chi connectivity index (χ1n) is 9.76. The molecule has 5 heteroatoms. The zero-order valence-electron chi connectivity index (χ0n) is 17.6. The molecule has 1 amide bonds. The number of hydrogen-bond acceptors (Lipinski definition) is 4. The molecule has 0 saturated carbocycles. The fourth-order valence-corrected chi connectivity index (χ4v) is 5.26. The van der Waals surface area contributed by atoms with Gasteiger partial charge in [0.15, 0.2) is 5.17 Å². The molecule has 2 heterocycles. The Hall–Kier alpha value is -1.75. The van der Waals surface area contributed by atoms with E-state index in [2.05, 4.69) is 56.6 Å². The molecular formula is C22H31N3OS. The number of amidine groups is 1. The van der Waals surface area contributed by atoms with E-state index in [4.69, 9.17) is 0 Å². The van der Waals surface area contributed by atoms with E-state index in [1.165, 1.54) is 28.6 Å². The summed E-state index contributed by atoms with van der Waals surface area (Å²) in [6, 6.07) is 4.62. The number of aryl methyl sites for hydroxylation is 1. The molecule has 0 aromatic heterocycles. The largest absolute Gasteiger partial charge is 0.366 e. The van der Waals surface area contributed by atoms with Crippen LogP contribution in [0.15, 0.2) is 22.0 Å². The number of thioether (sulfide) groups is 1. The number of amides is 1. The van der Waals surface area contributed by atoms with Crippen molar-refractivity contribution in [2.45, 2.75) is 58.9 Å². The van der Waals surface area contributed by atoms with E-state index in [0.717, 1.165) is 35.0 Å². The predicted molar refractivity (Wildman–Crippen MR) is 118 cm³/mol. The average Bonchev–Trinajstić information content (AvgIpc) is 2.87. The highest BCUT2D eigenvalue weighted by Crippen LogP contribution is 2.45. The van der Waals surface area contributed by atoms with Gasteiger partial charge in [0.25, 0.3) is 5.91 Å². The monoisotopic (exact) mass is 385 g/mol. The summed E-state index contributed by atoms with van der Waals surface area (Å²) in [6.07, 6.45) is 4.31. The van der Waals surface area contributed by atoms with Gasteiger partial charge in [-0.05, 0) is 86.2 Å². The van der Waals surface area contributed by atoms with Crippen LogP contribution < -0.4 is 4.90 Å². The number of aliphatic imine (C=N–C) groups is 1. The van der Waals surface area contributed by atoms with Crippen LogP contribution in [0.3, 0.4) is 0 Å². The van der Waals surface area contributed by atoms with E-state index >= 15 is 0 Å². The minimum Gasteiger partial charge on any atom is -0.366 e. The average molecular weight is 386 g/mol. The number of nitrogens with zero attached hydrogens (tertiary/aromatic N) is 3. The van der Waals surface area contributed by atoms with Crippen LogP contribution in [0, 0.1) is 6.92 Å². The third kappa shape index (κ3) is 3.54. The quantitative estimate of drug-likeness (QED) is 0.685. The number of hydrogen-bond donors (Lipinski definition) is 0. The molecule has 0 radical (unpaired) electrons. The zero-order valence-corrected chi connectivity index (χ0v) is 18.4. The summed E-state index contributed by atoms with van der Waals surface area (Å²) in [5, 5.41) is 0.756. The van der Waals surface area contributed by atoms with Gasteiger partial charge >= 0.3 is 0 Å². The zero-order chi connectivity index (χ0) is 19.9. The highest BCUT2D eigenvalue weighted by Gasteiger charge is 2.36. The molecule has 0 aliphatic carbocycles. The molecule has 4 nitrogen and oxygen atoms in total. The second kappa shape index (κ2) is 7.34. The Labute approximate surface area is 167 Å². The molecule has 27 heavy (non-hydrogen) atoms. The van der Waals surface area contributed by atoms with E-state index in [9.17, 15) is 4.79 Å². The Morgan fingerprint density at radius 3 is 2.67 bits per heavy atom. The molecule has 1 saturated heterocycles. The van der Waals surface area contributed by atoms with Gasteiger partial charge in [0.05, 0.1) is 4.91 Å². The minimum absolute atomic E-state index is 0.0273. The third-order valence-corrected chi connectivity index (χ3v) is 6.85. The standard InChI is InChI=1S/C22H31N3OS/c1-8-9-25-18-10-14(2)16(11-17(18)15(3)13-22(25,4)5)12-19-20(26)24(7)21(23-6)27-19/h10-12,15H,8-9,13H2,1-7H3/b19-12+,23-21?. The summed E-state index contributed by atoms with van der Waals surface area (Å²) >= 11 is 1.45. The van der Waals surface area contributed by atoms with Gasteiger partial charge in [-0.2, -0.15) is 0 Å². The van der Waals surface area contributed by atoms with E-state index in [0.29, 0.717) is 5.92 Å². The van der Waals surface area contributed by atoms with Gasteiger partial charge in [-0.15, -0.1) is 0 Å². The van der Waals surface area contributed by atoms with Crippen molar-refractivity contribution in [3.63, 3.8) is 0 Å². The highest BCUT2D eigenvalue weighted by atomic mass is 32.2. The van der Waals surface area contributed by atoms with Gasteiger partial charge in [-0.1, -0.05) is 13.8 Å². The molecule has 1 fully saturated rings. The number of rotatable bonds is 3. The lowest BCUT2D eigenvalue weighted by Gasteiger charge is -2.48. The summed E-state index contributed by atoms with van der Waals surface area (Å²) in [6.45, 7) is 12.5. The van der Waals surface area contributed by atoms with Crippen molar-refractivity contribution < 1.29 is 4.79 Å². The van der Waals surface area contributed by atoms with Crippen molar-refractivity contribution in [3.05, 3.63) is 33.7 Å². The first kappa shape index (κ1) is 20.0. The van der Waals surface area contributed by atoms with Crippen molar-refractivity contribution in [3.8, 4) is 0 Å². The van der Waals surface area contributed by atoms with Crippen LogP contribution in [0.2, 0.25) is 0 Å². The van der Waals surface area contributed by atoms with Crippen LogP contribution in [0.25, 0.3) is 6.08 Å². The van der Waals surface area contributed by atoms with Gasteiger partial charge in [0, 0.05) is 31.9 Å². The fraction of sp³-hybridized carbons (Fsp3) is 0.545. The van der Waals surface area contributed by atoms with Crippen LogP contribution in [0.5, 0.6) is 0 Å². The molecule has 0 bridgehead atoms. The Morgan fingerprint density at radius 2 is 2.07 bits per heavy atom. The molecule has 2 aliphatic rings. The van der Waals surface area contributed by atoms with Crippen molar-refractivity contribution >= 4 is 34.6 Å². The Balaban J connectivity index is 2.06. The fourth-order valence-electron chi connectivity index (χ4n) is 4.34. The number of anilines is 1. The maximum Gasteiger partial charge on any atom is 0.266 e. The van der Waals surface area contributed by atoms with Crippen molar-refractivity contribution in [2.24, 2.45) is 4.99 Å². The van der Waals surface area contributed by atoms with Crippen molar-refractivity contribution in [1.29, 1.82) is 0 Å².